The van der Waals surface area contributed by atoms with Crippen LogP contribution in [0.3, 0.4) is 0 Å². The molecular weight excluding hydrogens is 254 g/mol. The van der Waals surface area contributed by atoms with Gasteiger partial charge in [0.15, 0.2) is 0 Å². The highest BCUT2D eigenvalue weighted by molar-refractivity contribution is 5.92. The van der Waals surface area contributed by atoms with Crippen LogP contribution in [0.1, 0.15) is 12.5 Å². The van der Waals surface area contributed by atoms with E-state index in [1.54, 1.807) is 33.0 Å². The average molecular weight is 277 g/mol. The van der Waals surface area contributed by atoms with Gasteiger partial charge in [-0.15, -0.1) is 0 Å². The van der Waals surface area contributed by atoms with E-state index in [2.05, 4.69) is 5.32 Å². The van der Waals surface area contributed by atoms with Crippen molar-refractivity contribution in [1.29, 1.82) is 0 Å². The van der Waals surface area contributed by atoms with Crippen LogP contribution in [0.4, 0.5) is 5.69 Å². The largest absolute Gasteiger partial charge is 0.347 e. The highest BCUT2D eigenvalue weighted by Gasteiger charge is 2.21. The van der Waals surface area contributed by atoms with Crippen LogP contribution in [0.25, 0.3) is 0 Å². The van der Waals surface area contributed by atoms with Gasteiger partial charge in [0.05, 0.1) is 12.6 Å². The summed E-state index contributed by atoms with van der Waals surface area (Å²) in [6, 6.07) is 7.28. The molecule has 0 fully saturated rings. The quantitative estimate of drug-likeness (QED) is 0.883. The van der Waals surface area contributed by atoms with E-state index < -0.39 is 0 Å². The normalized spacial score (nSPS) is 12.1. The van der Waals surface area contributed by atoms with E-state index in [0.29, 0.717) is 0 Å². The number of nitrogens with one attached hydrogen (secondary N) is 1. The Labute approximate surface area is 120 Å². The summed E-state index contributed by atoms with van der Waals surface area (Å²) in [6.07, 6.45) is 0. The predicted octanol–water partition coefficient (Wildman–Crippen LogP) is 1.34. The maximum atomic E-state index is 11.9. The van der Waals surface area contributed by atoms with Crippen LogP contribution in [0.2, 0.25) is 0 Å². The van der Waals surface area contributed by atoms with Gasteiger partial charge >= 0.3 is 0 Å². The Morgan fingerprint density at radius 2 is 1.70 bits per heavy atom. The van der Waals surface area contributed by atoms with Gasteiger partial charge < -0.3 is 10.2 Å². The van der Waals surface area contributed by atoms with E-state index >= 15 is 0 Å². The number of hydrogen-bond donors (Lipinski definition) is 1. The second-order valence-corrected chi connectivity index (χ2v) is 5.24. The minimum absolute atomic E-state index is 0.0179. The third-order valence-electron chi connectivity index (χ3n) is 3.19. The van der Waals surface area contributed by atoms with Crippen molar-refractivity contribution in [1.82, 2.24) is 9.80 Å². The lowest BCUT2D eigenvalue weighted by Crippen LogP contribution is -2.45. The van der Waals surface area contributed by atoms with Gasteiger partial charge in [-0.1, -0.05) is 17.7 Å². The summed E-state index contributed by atoms with van der Waals surface area (Å²) in [6.45, 7) is 3.96. The molecule has 1 aromatic rings. The molecule has 0 spiro atoms. The number of aryl methyl sites for hydroxylation is 1. The summed E-state index contributed by atoms with van der Waals surface area (Å²) in [5.41, 5.74) is 1.91. The number of amides is 2. The van der Waals surface area contributed by atoms with Gasteiger partial charge in [-0.25, -0.2) is 0 Å². The van der Waals surface area contributed by atoms with Crippen molar-refractivity contribution < 1.29 is 9.59 Å². The van der Waals surface area contributed by atoms with E-state index in [9.17, 15) is 9.59 Å². The summed E-state index contributed by atoms with van der Waals surface area (Å²) < 4.78 is 0. The van der Waals surface area contributed by atoms with Crippen LogP contribution in [0, 0.1) is 6.92 Å². The third kappa shape index (κ3) is 4.66. The minimum Gasteiger partial charge on any atom is -0.347 e. The Balaban J connectivity index is 2.53. The first-order chi connectivity index (χ1) is 9.31. The molecule has 5 heteroatoms. The molecule has 1 N–H and O–H groups in total. The molecule has 0 heterocycles. The van der Waals surface area contributed by atoms with Crippen molar-refractivity contribution >= 4 is 17.5 Å². The van der Waals surface area contributed by atoms with E-state index in [1.165, 1.54) is 4.90 Å². The number of benzene rings is 1. The van der Waals surface area contributed by atoms with E-state index in [-0.39, 0.29) is 24.4 Å². The van der Waals surface area contributed by atoms with Crippen molar-refractivity contribution in [3.05, 3.63) is 29.8 Å². The Bertz CT molecular complexity index is 469. The molecule has 0 bridgehead atoms. The lowest BCUT2D eigenvalue weighted by molar-refractivity contribution is -0.133. The summed E-state index contributed by atoms with van der Waals surface area (Å²) in [5.74, 6) is -0.148. The Morgan fingerprint density at radius 1 is 1.15 bits per heavy atom. The highest BCUT2D eigenvalue weighted by Crippen LogP contribution is 2.08. The average Bonchev–Trinajstić information content (AvgIpc) is 2.39. The predicted molar refractivity (Wildman–Crippen MR) is 80.6 cm³/mol. The van der Waals surface area contributed by atoms with Gasteiger partial charge in [0.25, 0.3) is 0 Å². The van der Waals surface area contributed by atoms with Crippen LogP contribution in [0.15, 0.2) is 24.3 Å². The van der Waals surface area contributed by atoms with Crippen LogP contribution >= 0.6 is 0 Å². The number of nitrogens with zero attached hydrogens (tertiary/aromatic N) is 2. The third-order valence-corrected chi connectivity index (χ3v) is 3.19. The highest BCUT2D eigenvalue weighted by atomic mass is 16.2. The molecule has 5 nitrogen and oxygen atoms in total. The van der Waals surface area contributed by atoms with E-state index in [4.69, 9.17) is 0 Å². The first kappa shape index (κ1) is 16.2. The first-order valence-electron chi connectivity index (χ1n) is 6.59. The Hall–Kier alpha value is -1.88. The lowest BCUT2D eigenvalue weighted by atomic mass is 10.2. The first-order valence-corrected chi connectivity index (χ1v) is 6.59. The van der Waals surface area contributed by atoms with Gasteiger partial charge in [-0.05, 0) is 33.0 Å². The van der Waals surface area contributed by atoms with Crippen molar-refractivity contribution in [3.8, 4) is 0 Å². The standard InChI is InChI=1S/C15H23N3O2/c1-11-6-8-13(9-7-11)16-14(19)10-18(5)12(2)15(20)17(3)4/h6-9,12H,10H2,1-5H3,(H,16,19). The summed E-state index contributed by atoms with van der Waals surface area (Å²) in [4.78, 5) is 27.0. The fourth-order valence-corrected chi connectivity index (χ4v) is 1.76. The molecule has 0 aromatic heterocycles. The summed E-state index contributed by atoms with van der Waals surface area (Å²) in [7, 11) is 5.18. The zero-order valence-corrected chi connectivity index (χ0v) is 12.8. The Morgan fingerprint density at radius 3 is 2.20 bits per heavy atom. The SMILES string of the molecule is Cc1ccc(NC(=O)CN(C)C(C)C(=O)N(C)C)cc1. The van der Waals surface area contributed by atoms with Gasteiger partial charge in [-0.2, -0.15) is 0 Å². The molecule has 1 rings (SSSR count). The fraction of sp³-hybridized carbons (Fsp3) is 0.467. The topological polar surface area (TPSA) is 52.7 Å². The molecule has 0 saturated carbocycles. The monoisotopic (exact) mass is 277 g/mol. The van der Waals surface area contributed by atoms with Crippen molar-refractivity contribution in [2.75, 3.05) is 33.0 Å². The minimum atomic E-state index is -0.325. The van der Waals surface area contributed by atoms with Crippen LogP contribution in [0.5, 0.6) is 0 Å². The van der Waals surface area contributed by atoms with Gasteiger partial charge in [0.1, 0.15) is 0 Å². The van der Waals surface area contributed by atoms with Gasteiger partial charge in [0.2, 0.25) is 11.8 Å². The van der Waals surface area contributed by atoms with Crippen molar-refractivity contribution in [2.24, 2.45) is 0 Å². The maximum absolute atomic E-state index is 11.9. The smallest absolute Gasteiger partial charge is 0.239 e. The van der Waals surface area contributed by atoms with Crippen molar-refractivity contribution in [3.63, 3.8) is 0 Å². The number of likely N-dealkylation sites (N-methyl/N-ethyl adjacent to an activating group) is 2. The fourth-order valence-electron chi connectivity index (χ4n) is 1.76. The molecule has 0 saturated heterocycles. The van der Waals surface area contributed by atoms with E-state index in [0.717, 1.165) is 11.3 Å². The second kappa shape index (κ2) is 7.05. The Kier molecular flexibility index (Phi) is 5.70. The molecule has 0 aliphatic heterocycles. The van der Waals surface area contributed by atoms with Crippen LogP contribution in [-0.4, -0.2) is 55.3 Å². The maximum Gasteiger partial charge on any atom is 0.239 e. The summed E-state index contributed by atoms with van der Waals surface area (Å²) in [5, 5.41) is 2.82. The molecule has 0 aliphatic rings. The zero-order chi connectivity index (χ0) is 15.3. The molecule has 20 heavy (non-hydrogen) atoms. The number of carbonyl (C=O) groups is 2. The lowest BCUT2D eigenvalue weighted by Gasteiger charge is -2.25. The second-order valence-electron chi connectivity index (χ2n) is 5.24. The number of hydrogen-bond acceptors (Lipinski definition) is 3. The number of carbonyl (C=O) groups excluding carboxylic acids is 2. The van der Waals surface area contributed by atoms with Crippen LogP contribution < -0.4 is 5.32 Å². The summed E-state index contributed by atoms with van der Waals surface area (Å²) >= 11 is 0. The van der Waals surface area contributed by atoms with Gasteiger partial charge in [-0.3, -0.25) is 14.5 Å². The molecule has 110 valence electrons. The van der Waals surface area contributed by atoms with E-state index in [1.807, 2.05) is 31.2 Å². The van der Waals surface area contributed by atoms with Crippen molar-refractivity contribution in [2.45, 2.75) is 19.9 Å². The molecule has 1 atom stereocenters. The molecule has 1 aromatic carbocycles. The molecule has 1 unspecified atom stereocenters. The number of rotatable bonds is 5. The number of anilines is 1. The zero-order valence-electron chi connectivity index (χ0n) is 12.8. The van der Waals surface area contributed by atoms with Crippen LogP contribution in [-0.2, 0) is 9.59 Å². The van der Waals surface area contributed by atoms with Gasteiger partial charge in [0, 0.05) is 19.8 Å². The molecule has 2 amide bonds. The molecule has 0 radical (unpaired) electrons. The molecular formula is C15H23N3O2. The molecule has 0 aliphatic carbocycles.